The van der Waals surface area contributed by atoms with E-state index in [1.165, 1.54) is 12.5 Å². The molecule has 4 N–H and O–H groups in total. The molecule has 0 atom stereocenters. The number of aromatic hydroxyl groups is 2. The summed E-state index contributed by atoms with van der Waals surface area (Å²) in [7, 11) is 0. The zero-order chi connectivity index (χ0) is 13.2. The molecule has 1 aliphatic rings. The van der Waals surface area contributed by atoms with E-state index in [1.54, 1.807) is 6.07 Å². The standard InChI is InChI=1S/C14H18N2O2/c15-8-10-6-11(13(18)7-12(10)17)14(9-16)4-2-1-3-5-14/h6-7,17-18H,1-5,9,16H2. The molecular formula is C14H18N2O2. The van der Waals surface area contributed by atoms with E-state index < -0.39 is 0 Å². The number of phenolic OH excluding ortho intramolecular Hbond substituents is 2. The molecule has 4 nitrogen and oxygen atoms in total. The van der Waals surface area contributed by atoms with Crippen LogP contribution in [-0.2, 0) is 5.41 Å². The molecule has 0 saturated heterocycles. The number of rotatable bonds is 2. The lowest BCUT2D eigenvalue weighted by Gasteiger charge is -2.37. The number of nitrogens with zero attached hydrogens (tertiary/aromatic N) is 1. The Labute approximate surface area is 107 Å². The number of nitriles is 1. The molecule has 1 aromatic rings. The van der Waals surface area contributed by atoms with E-state index in [-0.39, 0.29) is 22.5 Å². The summed E-state index contributed by atoms with van der Waals surface area (Å²) in [6.07, 6.45) is 5.20. The summed E-state index contributed by atoms with van der Waals surface area (Å²) in [5.41, 5.74) is 6.57. The number of hydrogen-bond donors (Lipinski definition) is 3. The van der Waals surface area contributed by atoms with Gasteiger partial charge in [-0.05, 0) is 18.9 Å². The van der Waals surface area contributed by atoms with Crippen LogP contribution in [0.25, 0.3) is 0 Å². The van der Waals surface area contributed by atoms with E-state index in [4.69, 9.17) is 11.0 Å². The highest BCUT2D eigenvalue weighted by Gasteiger charge is 2.35. The summed E-state index contributed by atoms with van der Waals surface area (Å²) in [6, 6.07) is 4.78. The normalized spacial score (nSPS) is 18.2. The van der Waals surface area contributed by atoms with Crippen molar-refractivity contribution in [2.45, 2.75) is 37.5 Å². The zero-order valence-corrected chi connectivity index (χ0v) is 10.3. The van der Waals surface area contributed by atoms with Crippen molar-refractivity contribution in [2.24, 2.45) is 5.73 Å². The van der Waals surface area contributed by atoms with Gasteiger partial charge < -0.3 is 15.9 Å². The smallest absolute Gasteiger partial charge is 0.137 e. The first kappa shape index (κ1) is 12.7. The molecule has 4 heteroatoms. The maximum absolute atomic E-state index is 10.0. The van der Waals surface area contributed by atoms with Gasteiger partial charge in [0, 0.05) is 23.6 Å². The topological polar surface area (TPSA) is 90.3 Å². The maximum atomic E-state index is 10.0. The van der Waals surface area contributed by atoms with Crippen molar-refractivity contribution in [2.75, 3.05) is 6.54 Å². The van der Waals surface area contributed by atoms with E-state index in [0.29, 0.717) is 12.1 Å². The molecule has 0 heterocycles. The lowest BCUT2D eigenvalue weighted by Crippen LogP contribution is -2.37. The second-order valence-electron chi connectivity index (χ2n) is 5.04. The van der Waals surface area contributed by atoms with E-state index >= 15 is 0 Å². The second-order valence-corrected chi connectivity index (χ2v) is 5.04. The molecule has 0 bridgehead atoms. The van der Waals surface area contributed by atoms with Gasteiger partial charge in [-0.25, -0.2) is 0 Å². The Kier molecular flexibility index (Phi) is 3.44. The Bertz CT molecular complexity index is 485. The molecule has 0 amide bonds. The van der Waals surface area contributed by atoms with Gasteiger partial charge in [0.15, 0.2) is 0 Å². The minimum absolute atomic E-state index is 0.0406. The van der Waals surface area contributed by atoms with Crippen LogP contribution in [0.5, 0.6) is 11.5 Å². The Morgan fingerprint density at radius 2 is 1.83 bits per heavy atom. The number of hydrogen-bond acceptors (Lipinski definition) is 4. The highest BCUT2D eigenvalue weighted by atomic mass is 16.3. The summed E-state index contributed by atoms with van der Waals surface area (Å²) in [6.45, 7) is 0.455. The molecule has 0 aromatic heterocycles. The minimum Gasteiger partial charge on any atom is -0.508 e. The first-order valence-corrected chi connectivity index (χ1v) is 6.29. The summed E-state index contributed by atoms with van der Waals surface area (Å²) in [5, 5.41) is 28.6. The van der Waals surface area contributed by atoms with E-state index in [2.05, 4.69) is 0 Å². The van der Waals surface area contributed by atoms with E-state index in [0.717, 1.165) is 25.7 Å². The van der Waals surface area contributed by atoms with Gasteiger partial charge in [-0.2, -0.15) is 5.26 Å². The average Bonchev–Trinajstić information content (AvgIpc) is 2.39. The lowest BCUT2D eigenvalue weighted by molar-refractivity contribution is 0.290. The molecule has 1 fully saturated rings. The summed E-state index contributed by atoms with van der Waals surface area (Å²) in [4.78, 5) is 0. The van der Waals surface area contributed by atoms with Crippen molar-refractivity contribution in [3.8, 4) is 17.6 Å². The van der Waals surface area contributed by atoms with Crippen LogP contribution in [-0.4, -0.2) is 16.8 Å². The molecule has 1 saturated carbocycles. The highest BCUT2D eigenvalue weighted by molar-refractivity contribution is 5.53. The maximum Gasteiger partial charge on any atom is 0.137 e. The molecule has 0 aliphatic heterocycles. The monoisotopic (exact) mass is 246 g/mol. The van der Waals surface area contributed by atoms with Gasteiger partial charge in [0.2, 0.25) is 0 Å². The van der Waals surface area contributed by atoms with Crippen molar-refractivity contribution in [1.29, 1.82) is 5.26 Å². The van der Waals surface area contributed by atoms with E-state index in [9.17, 15) is 10.2 Å². The fourth-order valence-electron chi connectivity index (χ4n) is 2.90. The summed E-state index contributed by atoms with van der Waals surface area (Å²) >= 11 is 0. The van der Waals surface area contributed by atoms with Crippen molar-refractivity contribution in [1.82, 2.24) is 0 Å². The molecule has 0 unspecified atom stereocenters. The second kappa shape index (κ2) is 4.87. The predicted octanol–water partition coefficient (Wildman–Crippen LogP) is 2.13. The Morgan fingerprint density at radius 3 is 2.39 bits per heavy atom. The molecule has 1 aromatic carbocycles. The molecule has 2 rings (SSSR count). The van der Waals surface area contributed by atoms with Gasteiger partial charge in [-0.3, -0.25) is 0 Å². The van der Waals surface area contributed by atoms with Crippen LogP contribution in [0.3, 0.4) is 0 Å². The summed E-state index contributed by atoms with van der Waals surface area (Å²) in [5.74, 6) is -0.138. The van der Waals surface area contributed by atoms with Crippen molar-refractivity contribution in [3.63, 3.8) is 0 Å². The van der Waals surface area contributed by atoms with Crippen molar-refractivity contribution >= 4 is 0 Å². The third kappa shape index (κ3) is 2.02. The van der Waals surface area contributed by atoms with Gasteiger partial charge in [-0.15, -0.1) is 0 Å². The third-order valence-electron chi connectivity index (χ3n) is 4.01. The SMILES string of the molecule is N#Cc1cc(C2(CN)CCCCC2)c(O)cc1O. The largest absolute Gasteiger partial charge is 0.508 e. The molecule has 96 valence electrons. The van der Waals surface area contributed by atoms with Crippen LogP contribution in [0.15, 0.2) is 12.1 Å². The van der Waals surface area contributed by atoms with Gasteiger partial charge in [0.25, 0.3) is 0 Å². The Morgan fingerprint density at radius 1 is 1.17 bits per heavy atom. The van der Waals surface area contributed by atoms with Gasteiger partial charge in [0.05, 0.1) is 5.56 Å². The van der Waals surface area contributed by atoms with Crippen LogP contribution in [0.2, 0.25) is 0 Å². The zero-order valence-electron chi connectivity index (χ0n) is 10.3. The van der Waals surface area contributed by atoms with Crippen LogP contribution in [0, 0.1) is 11.3 Å². The van der Waals surface area contributed by atoms with Crippen LogP contribution >= 0.6 is 0 Å². The summed E-state index contributed by atoms with van der Waals surface area (Å²) < 4.78 is 0. The number of phenols is 2. The van der Waals surface area contributed by atoms with E-state index in [1.807, 2.05) is 6.07 Å². The Hall–Kier alpha value is -1.73. The fourth-order valence-corrected chi connectivity index (χ4v) is 2.90. The highest BCUT2D eigenvalue weighted by Crippen LogP contribution is 2.44. The molecule has 18 heavy (non-hydrogen) atoms. The van der Waals surface area contributed by atoms with Crippen LogP contribution in [0.1, 0.15) is 43.2 Å². The predicted molar refractivity (Wildman–Crippen MR) is 68.3 cm³/mol. The van der Waals surface area contributed by atoms with Crippen molar-refractivity contribution in [3.05, 3.63) is 23.3 Å². The molecule has 0 spiro atoms. The Balaban J connectivity index is 2.51. The molecular weight excluding hydrogens is 228 g/mol. The van der Waals surface area contributed by atoms with Crippen LogP contribution in [0.4, 0.5) is 0 Å². The van der Waals surface area contributed by atoms with Gasteiger partial charge >= 0.3 is 0 Å². The minimum atomic E-state index is -0.248. The quantitative estimate of drug-likeness (QED) is 0.745. The lowest BCUT2D eigenvalue weighted by atomic mass is 9.69. The third-order valence-corrected chi connectivity index (χ3v) is 4.01. The van der Waals surface area contributed by atoms with Gasteiger partial charge in [-0.1, -0.05) is 19.3 Å². The molecule has 0 radical (unpaired) electrons. The fraction of sp³-hybridized carbons (Fsp3) is 0.500. The first-order chi connectivity index (χ1) is 8.63. The average molecular weight is 246 g/mol. The molecule has 1 aliphatic carbocycles. The number of nitrogens with two attached hydrogens (primary N) is 1. The first-order valence-electron chi connectivity index (χ1n) is 6.29. The van der Waals surface area contributed by atoms with Gasteiger partial charge in [0.1, 0.15) is 17.6 Å². The van der Waals surface area contributed by atoms with Crippen molar-refractivity contribution < 1.29 is 10.2 Å². The number of benzene rings is 1. The van der Waals surface area contributed by atoms with Crippen LogP contribution < -0.4 is 5.73 Å².